The lowest BCUT2D eigenvalue weighted by molar-refractivity contribution is -0.122. The lowest BCUT2D eigenvalue weighted by Crippen LogP contribution is -2.28. The molecule has 0 spiro atoms. The minimum absolute atomic E-state index is 0.0406. The molecular weight excluding hydrogens is 342 g/mol. The normalized spacial score (nSPS) is 16.3. The van der Waals surface area contributed by atoms with E-state index in [1.807, 2.05) is 26.0 Å². The highest BCUT2D eigenvalue weighted by Gasteiger charge is 2.35. The van der Waals surface area contributed by atoms with Gasteiger partial charge in [-0.25, -0.2) is 0 Å². The van der Waals surface area contributed by atoms with Gasteiger partial charge in [-0.2, -0.15) is 0 Å². The molecule has 2 aromatic rings. The van der Waals surface area contributed by atoms with Crippen LogP contribution in [0.4, 0.5) is 17.1 Å². The Balaban J connectivity index is 1.66. The molecule has 1 heterocycles. The summed E-state index contributed by atoms with van der Waals surface area (Å²) < 4.78 is 0. The first-order chi connectivity index (χ1) is 12.8. The zero-order valence-corrected chi connectivity index (χ0v) is 15.7. The molecule has 0 bridgehead atoms. The second-order valence-corrected chi connectivity index (χ2v) is 7.00. The number of nitrogens with zero attached hydrogens (tertiary/aromatic N) is 1. The van der Waals surface area contributed by atoms with Gasteiger partial charge in [0, 0.05) is 37.0 Å². The van der Waals surface area contributed by atoms with E-state index in [1.165, 1.54) is 6.92 Å². The van der Waals surface area contributed by atoms with E-state index in [2.05, 4.69) is 16.7 Å². The summed E-state index contributed by atoms with van der Waals surface area (Å²) >= 11 is 0. The van der Waals surface area contributed by atoms with E-state index in [4.69, 9.17) is 0 Å². The first-order valence-electron chi connectivity index (χ1n) is 8.89. The second kappa shape index (κ2) is 7.61. The molecule has 0 aromatic heterocycles. The van der Waals surface area contributed by atoms with Crippen LogP contribution in [-0.2, 0) is 14.4 Å². The van der Waals surface area contributed by atoms with E-state index in [-0.39, 0.29) is 24.1 Å². The fourth-order valence-electron chi connectivity index (χ4n) is 3.32. The molecule has 1 aliphatic rings. The van der Waals surface area contributed by atoms with E-state index in [1.54, 1.807) is 29.2 Å². The zero-order chi connectivity index (χ0) is 19.6. The monoisotopic (exact) mass is 365 g/mol. The number of amides is 3. The van der Waals surface area contributed by atoms with Gasteiger partial charge in [0.1, 0.15) is 0 Å². The molecule has 6 nitrogen and oxygen atoms in total. The zero-order valence-electron chi connectivity index (χ0n) is 15.7. The Labute approximate surface area is 158 Å². The average Bonchev–Trinajstić information content (AvgIpc) is 2.97. The molecule has 0 unspecified atom stereocenters. The van der Waals surface area contributed by atoms with Crippen molar-refractivity contribution in [2.45, 2.75) is 27.2 Å². The van der Waals surface area contributed by atoms with E-state index in [9.17, 15) is 14.4 Å². The van der Waals surface area contributed by atoms with Crippen LogP contribution in [0.15, 0.2) is 42.5 Å². The summed E-state index contributed by atoms with van der Waals surface area (Å²) in [5.74, 6) is -0.764. The van der Waals surface area contributed by atoms with Crippen LogP contribution in [0.2, 0.25) is 0 Å². The summed E-state index contributed by atoms with van der Waals surface area (Å²) in [6, 6.07) is 12.9. The minimum Gasteiger partial charge on any atom is -0.326 e. The molecule has 3 rings (SSSR count). The molecule has 0 aliphatic carbocycles. The summed E-state index contributed by atoms with van der Waals surface area (Å²) in [4.78, 5) is 37.7. The van der Waals surface area contributed by atoms with E-state index in [0.29, 0.717) is 17.9 Å². The summed E-state index contributed by atoms with van der Waals surface area (Å²) in [6.07, 6.45) is 0.197. The van der Waals surface area contributed by atoms with Crippen molar-refractivity contribution in [2.24, 2.45) is 5.92 Å². The number of aryl methyl sites for hydroxylation is 2. The van der Waals surface area contributed by atoms with Crippen molar-refractivity contribution in [1.29, 1.82) is 0 Å². The number of hydrogen-bond donors (Lipinski definition) is 2. The molecule has 6 heteroatoms. The SMILES string of the molecule is CC(=O)Nc1ccc(NC(=O)[C@@H]2CC(=O)N(c3cc(C)cc(C)c3)C2)cc1. The van der Waals surface area contributed by atoms with Crippen LogP contribution in [0.5, 0.6) is 0 Å². The highest BCUT2D eigenvalue weighted by Crippen LogP contribution is 2.28. The van der Waals surface area contributed by atoms with E-state index >= 15 is 0 Å². The van der Waals surface area contributed by atoms with Crippen molar-refractivity contribution in [3.8, 4) is 0 Å². The third-order valence-corrected chi connectivity index (χ3v) is 4.49. The van der Waals surface area contributed by atoms with Gasteiger partial charge in [-0.05, 0) is 61.4 Å². The molecule has 0 radical (unpaired) electrons. The third-order valence-electron chi connectivity index (χ3n) is 4.49. The first-order valence-corrected chi connectivity index (χ1v) is 8.89. The predicted octanol–water partition coefficient (Wildman–Crippen LogP) is 3.25. The van der Waals surface area contributed by atoms with Crippen molar-refractivity contribution in [3.05, 3.63) is 53.6 Å². The molecule has 2 N–H and O–H groups in total. The van der Waals surface area contributed by atoms with Crippen molar-refractivity contribution in [1.82, 2.24) is 0 Å². The van der Waals surface area contributed by atoms with Gasteiger partial charge < -0.3 is 15.5 Å². The minimum atomic E-state index is -0.395. The van der Waals surface area contributed by atoms with Gasteiger partial charge in [0.2, 0.25) is 17.7 Å². The van der Waals surface area contributed by atoms with E-state index in [0.717, 1.165) is 16.8 Å². The summed E-state index contributed by atoms with van der Waals surface area (Å²) in [6.45, 7) is 5.80. The standard InChI is InChI=1S/C21H23N3O3/c1-13-8-14(2)10-19(9-13)24-12-16(11-20(24)26)21(27)23-18-6-4-17(5-7-18)22-15(3)25/h4-10,16H,11-12H2,1-3H3,(H,22,25)(H,23,27)/t16-/m1/s1. The smallest absolute Gasteiger partial charge is 0.229 e. The van der Waals surface area contributed by atoms with Gasteiger partial charge in [0.15, 0.2) is 0 Å². The van der Waals surface area contributed by atoms with Gasteiger partial charge in [-0.1, -0.05) is 6.07 Å². The average molecular weight is 365 g/mol. The Bertz CT molecular complexity index is 870. The number of benzene rings is 2. The number of hydrogen-bond acceptors (Lipinski definition) is 3. The molecule has 2 aromatic carbocycles. The summed E-state index contributed by atoms with van der Waals surface area (Å²) in [5, 5.41) is 5.53. The Morgan fingerprint density at radius 3 is 2.07 bits per heavy atom. The van der Waals surface area contributed by atoms with Crippen molar-refractivity contribution < 1.29 is 14.4 Å². The van der Waals surface area contributed by atoms with Crippen molar-refractivity contribution >= 4 is 34.8 Å². The highest BCUT2D eigenvalue weighted by molar-refractivity contribution is 6.03. The van der Waals surface area contributed by atoms with Gasteiger partial charge in [0.05, 0.1) is 5.92 Å². The summed E-state index contributed by atoms with van der Waals surface area (Å²) in [7, 11) is 0. The number of carbonyl (C=O) groups excluding carboxylic acids is 3. The Morgan fingerprint density at radius 2 is 1.52 bits per heavy atom. The fraction of sp³-hybridized carbons (Fsp3) is 0.286. The maximum Gasteiger partial charge on any atom is 0.229 e. The number of nitrogens with one attached hydrogen (secondary N) is 2. The van der Waals surface area contributed by atoms with E-state index < -0.39 is 5.92 Å². The van der Waals surface area contributed by atoms with Crippen LogP contribution in [0.3, 0.4) is 0 Å². The Hall–Kier alpha value is -3.15. The van der Waals surface area contributed by atoms with Crippen LogP contribution in [-0.4, -0.2) is 24.3 Å². The van der Waals surface area contributed by atoms with Crippen LogP contribution in [0.1, 0.15) is 24.5 Å². The quantitative estimate of drug-likeness (QED) is 0.873. The molecule has 1 saturated heterocycles. The molecule has 1 aliphatic heterocycles. The van der Waals surface area contributed by atoms with Gasteiger partial charge >= 0.3 is 0 Å². The van der Waals surface area contributed by atoms with Crippen LogP contribution >= 0.6 is 0 Å². The van der Waals surface area contributed by atoms with Gasteiger partial charge in [-0.3, -0.25) is 14.4 Å². The maximum absolute atomic E-state index is 12.6. The van der Waals surface area contributed by atoms with Crippen molar-refractivity contribution in [3.63, 3.8) is 0 Å². The molecular formula is C21H23N3O3. The number of carbonyl (C=O) groups is 3. The molecule has 1 atom stereocenters. The molecule has 140 valence electrons. The molecule has 27 heavy (non-hydrogen) atoms. The largest absolute Gasteiger partial charge is 0.326 e. The molecule has 1 fully saturated rings. The topological polar surface area (TPSA) is 78.5 Å². The number of rotatable bonds is 4. The van der Waals surface area contributed by atoms with Crippen molar-refractivity contribution in [2.75, 3.05) is 22.1 Å². The summed E-state index contributed by atoms with van der Waals surface area (Å²) in [5.41, 5.74) is 4.31. The van der Waals surface area contributed by atoms with Gasteiger partial charge in [-0.15, -0.1) is 0 Å². The lowest BCUT2D eigenvalue weighted by Gasteiger charge is -2.18. The highest BCUT2D eigenvalue weighted by atomic mass is 16.2. The maximum atomic E-state index is 12.6. The molecule has 3 amide bonds. The van der Waals surface area contributed by atoms with Crippen LogP contribution in [0, 0.1) is 19.8 Å². The second-order valence-electron chi connectivity index (χ2n) is 7.00. The lowest BCUT2D eigenvalue weighted by atomic mass is 10.1. The van der Waals surface area contributed by atoms with Crippen LogP contribution in [0.25, 0.3) is 0 Å². The predicted molar refractivity (Wildman–Crippen MR) is 106 cm³/mol. The molecule has 0 saturated carbocycles. The first kappa shape index (κ1) is 18.6. The fourth-order valence-corrected chi connectivity index (χ4v) is 3.32. The third kappa shape index (κ3) is 4.53. The Kier molecular flexibility index (Phi) is 5.26. The number of anilines is 3. The van der Waals surface area contributed by atoms with Crippen LogP contribution < -0.4 is 15.5 Å². The Morgan fingerprint density at radius 1 is 0.963 bits per heavy atom. The van der Waals surface area contributed by atoms with Gasteiger partial charge in [0.25, 0.3) is 0 Å².